The molecule has 0 bridgehead atoms. The maximum absolute atomic E-state index is 13.4. The first-order valence-corrected chi connectivity index (χ1v) is 11.9. The number of halogens is 3. The lowest BCUT2D eigenvalue weighted by atomic mass is 10.1. The number of aliphatic hydroxyl groups excluding tert-OH is 1. The lowest BCUT2D eigenvalue weighted by molar-refractivity contribution is -0.141. The van der Waals surface area contributed by atoms with Gasteiger partial charge in [-0.25, -0.2) is 9.48 Å². The van der Waals surface area contributed by atoms with Gasteiger partial charge in [0, 0.05) is 14.7 Å². The summed E-state index contributed by atoms with van der Waals surface area (Å²) in [6, 6.07) is -0.974. The third-order valence-electron chi connectivity index (χ3n) is 3.60. The Hall–Kier alpha value is -1.92. The van der Waals surface area contributed by atoms with Crippen molar-refractivity contribution in [1.29, 1.82) is 0 Å². The quantitative estimate of drug-likeness (QED) is 0.420. The fraction of sp³-hybridized carbons (Fsp3) is 0.667. The molecule has 1 aromatic heterocycles. The summed E-state index contributed by atoms with van der Waals surface area (Å²) in [7, 11) is -1.40. The fourth-order valence-corrected chi connectivity index (χ4v) is 2.81. The molecule has 0 aliphatic carbocycles. The minimum atomic E-state index is -5.05. The summed E-state index contributed by atoms with van der Waals surface area (Å²) in [6.45, 7) is 7.23. The maximum atomic E-state index is 13.4. The Morgan fingerprint density at radius 1 is 1.41 bits per heavy atom. The molecule has 2 unspecified atom stereocenters. The van der Waals surface area contributed by atoms with Crippen LogP contribution in [0.3, 0.4) is 0 Å². The van der Waals surface area contributed by atoms with E-state index < -0.39 is 55.9 Å². The number of carbonyl (C=O) groups is 1. The molecule has 0 amide bonds. The van der Waals surface area contributed by atoms with Gasteiger partial charge in [-0.3, -0.25) is 4.79 Å². The molecular weight excluding hydrogens is 387 g/mol. The van der Waals surface area contributed by atoms with E-state index in [1.165, 1.54) is 0 Å². The van der Waals surface area contributed by atoms with Crippen molar-refractivity contribution in [2.45, 2.75) is 57.7 Å². The zero-order chi connectivity index (χ0) is 21.0. The van der Waals surface area contributed by atoms with Gasteiger partial charge in [-0.15, -0.1) is 0 Å². The van der Waals surface area contributed by atoms with E-state index in [4.69, 9.17) is 9.84 Å². The van der Waals surface area contributed by atoms with Crippen molar-refractivity contribution in [3.05, 3.63) is 22.1 Å². The third kappa shape index (κ3) is 6.95. The number of carboxylic acid groups (broad SMARTS) is 1. The average Bonchev–Trinajstić information content (AvgIpc) is 2.47. The highest BCUT2D eigenvalue weighted by molar-refractivity contribution is 6.76. The molecule has 27 heavy (non-hydrogen) atoms. The fourth-order valence-electron chi connectivity index (χ4n) is 2.05. The number of alkyl halides is 3. The van der Waals surface area contributed by atoms with Gasteiger partial charge in [0.1, 0.15) is 12.3 Å². The van der Waals surface area contributed by atoms with Crippen molar-refractivity contribution in [3.63, 3.8) is 0 Å². The van der Waals surface area contributed by atoms with Crippen molar-refractivity contribution < 1.29 is 32.9 Å². The van der Waals surface area contributed by atoms with E-state index in [0.717, 1.165) is 13.0 Å². The second-order valence-electron chi connectivity index (χ2n) is 7.28. The Bertz CT molecular complexity index is 716. The molecule has 0 radical (unpaired) electrons. The van der Waals surface area contributed by atoms with Crippen molar-refractivity contribution in [3.8, 4) is 0 Å². The molecule has 1 heterocycles. The molecule has 0 saturated heterocycles. The molecule has 0 saturated carbocycles. The van der Waals surface area contributed by atoms with Gasteiger partial charge in [-0.1, -0.05) is 19.6 Å². The van der Waals surface area contributed by atoms with E-state index in [-0.39, 0.29) is 6.61 Å². The summed E-state index contributed by atoms with van der Waals surface area (Å²) in [5.74, 6) is -1.57. The normalized spacial score (nSPS) is 14.7. The first-order valence-electron chi connectivity index (χ1n) is 8.16. The van der Waals surface area contributed by atoms with Gasteiger partial charge in [0.2, 0.25) is 0 Å². The number of aromatic nitrogens is 2. The molecule has 154 valence electrons. The molecule has 0 aliphatic rings. The van der Waals surface area contributed by atoms with Gasteiger partial charge in [-0.2, -0.15) is 18.3 Å². The van der Waals surface area contributed by atoms with Gasteiger partial charge < -0.3 is 20.3 Å². The minimum Gasteiger partial charge on any atom is -0.480 e. The van der Waals surface area contributed by atoms with Crippen molar-refractivity contribution in [2.75, 3.05) is 11.9 Å². The summed E-state index contributed by atoms with van der Waals surface area (Å²) < 4.78 is 45.9. The van der Waals surface area contributed by atoms with E-state index in [2.05, 4.69) is 24.7 Å². The molecule has 0 aliphatic heterocycles. The first-order chi connectivity index (χ1) is 12.2. The molecule has 1 aromatic rings. The van der Waals surface area contributed by atoms with Crippen LogP contribution in [0.25, 0.3) is 0 Å². The second-order valence-corrected chi connectivity index (χ2v) is 12.9. The predicted molar refractivity (Wildman–Crippen MR) is 94.3 cm³/mol. The van der Waals surface area contributed by atoms with E-state index in [0.29, 0.717) is 10.9 Å². The highest BCUT2D eigenvalue weighted by Gasteiger charge is 2.39. The number of aliphatic carboxylic acids is 1. The Balaban J connectivity index is 3.13. The van der Waals surface area contributed by atoms with E-state index in [1.807, 2.05) is 5.32 Å². The van der Waals surface area contributed by atoms with Gasteiger partial charge in [0.05, 0.1) is 18.0 Å². The molecule has 0 fully saturated rings. The van der Waals surface area contributed by atoms with Crippen LogP contribution in [-0.2, 0) is 22.4 Å². The Kier molecular flexibility index (Phi) is 7.57. The van der Waals surface area contributed by atoms with Crippen LogP contribution in [0.5, 0.6) is 0 Å². The lowest BCUT2D eigenvalue weighted by Gasteiger charge is -2.21. The zero-order valence-corrected chi connectivity index (χ0v) is 16.5. The lowest BCUT2D eigenvalue weighted by Crippen LogP contribution is -2.41. The second kappa shape index (κ2) is 8.84. The van der Waals surface area contributed by atoms with Gasteiger partial charge in [0.15, 0.2) is 6.04 Å². The average molecular weight is 411 g/mol. The largest absolute Gasteiger partial charge is 0.480 e. The van der Waals surface area contributed by atoms with E-state index >= 15 is 0 Å². The van der Waals surface area contributed by atoms with Gasteiger partial charge in [0.25, 0.3) is 5.56 Å². The van der Waals surface area contributed by atoms with E-state index in [9.17, 15) is 27.9 Å². The zero-order valence-electron chi connectivity index (χ0n) is 15.5. The van der Waals surface area contributed by atoms with Crippen LogP contribution in [0.4, 0.5) is 18.9 Å². The third-order valence-corrected chi connectivity index (χ3v) is 5.30. The molecule has 0 spiro atoms. The molecule has 1 rings (SSSR count). The van der Waals surface area contributed by atoms with Crippen molar-refractivity contribution >= 4 is 19.7 Å². The molecule has 3 N–H and O–H groups in total. The number of hydrogen-bond acceptors (Lipinski definition) is 6. The van der Waals surface area contributed by atoms with Crippen LogP contribution in [0, 0.1) is 0 Å². The molecule has 12 heteroatoms. The number of aliphatic hydroxyl groups is 1. The van der Waals surface area contributed by atoms with Crippen LogP contribution in [0.15, 0.2) is 11.0 Å². The number of carboxylic acids is 1. The minimum absolute atomic E-state index is 0.286. The molecular formula is C15H24F3N3O5Si. The SMILES string of the molecule is CC(O)C(Nc1cnn(COCC[Si](C)(C)C)c(=O)c1C(F)(F)F)C(=O)O. The standard InChI is InChI=1S/C15H24F3N3O5Si/c1-9(22)12(14(24)25)20-10-7-19-21(8-26-5-6-27(2,3)4)13(23)11(10)15(16,17)18/h7,9,12,20,22H,5-6,8H2,1-4H3,(H,24,25). The number of anilines is 1. The Morgan fingerprint density at radius 2 is 2.00 bits per heavy atom. The summed E-state index contributed by atoms with van der Waals surface area (Å²) in [5, 5.41) is 24.1. The number of nitrogens with zero attached hydrogens (tertiary/aromatic N) is 2. The maximum Gasteiger partial charge on any atom is 0.423 e. The van der Waals surface area contributed by atoms with Gasteiger partial charge >= 0.3 is 12.1 Å². The van der Waals surface area contributed by atoms with Crippen molar-refractivity contribution in [1.82, 2.24) is 9.78 Å². The molecule has 8 nitrogen and oxygen atoms in total. The van der Waals surface area contributed by atoms with Crippen LogP contribution in [0.2, 0.25) is 25.7 Å². The van der Waals surface area contributed by atoms with Crippen LogP contribution in [-0.4, -0.2) is 52.8 Å². The number of rotatable bonds is 9. The topological polar surface area (TPSA) is 114 Å². The van der Waals surface area contributed by atoms with E-state index in [1.54, 1.807) is 0 Å². The monoisotopic (exact) mass is 411 g/mol. The van der Waals surface area contributed by atoms with Gasteiger partial charge in [-0.05, 0) is 13.0 Å². The number of ether oxygens (including phenoxy) is 1. The summed E-state index contributed by atoms with van der Waals surface area (Å²) in [5.41, 5.74) is -3.88. The smallest absolute Gasteiger partial charge is 0.423 e. The summed E-state index contributed by atoms with van der Waals surface area (Å²) in [4.78, 5) is 23.3. The van der Waals surface area contributed by atoms with Crippen LogP contribution >= 0.6 is 0 Å². The van der Waals surface area contributed by atoms with Crippen molar-refractivity contribution in [2.24, 2.45) is 0 Å². The Morgan fingerprint density at radius 3 is 2.44 bits per heavy atom. The predicted octanol–water partition coefficient (Wildman–Crippen LogP) is 1.82. The number of hydrogen-bond donors (Lipinski definition) is 3. The highest BCUT2D eigenvalue weighted by Crippen LogP contribution is 2.32. The Labute approximate surface area is 155 Å². The summed E-state index contributed by atoms with van der Waals surface area (Å²) >= 11 is 0. The summed E-state index contributed by atoms with van der Waals surface area (Å²) in [6.07, 6.45) is -5.86. The molecule has 0 aromatic carbocycles. The highest BCUT2D eigenvalue weighted by atomic mass is 28.3. The number of nitrogens with one attached hydrogen (secondary N) is 1. The molecule has 2 atom stereocenters. The van der Waals surface area contributed by atoms with Crippen LogP contribution < -0.4 is 10.9 Å². The van der Waals surface area contributed by atoms with Crippen LogP contribution in [0.1, 0.15) is 12.5 Å². The first kappa shape index (κ1) is 23.1.